The second kappa shape index (κ2) is 6.91. The molecule has 0 heterocycles. The number of nitro groups is 1. The number of hydrogen-bond acceptors (Lipinski definition) is 4. The van der Waals surface area contributed by atoms with Crippen LogP contribution in [0.5, 0.6) is 5.75 Å². The smallest absolute Gasteiger partial charge is 0.312 e. The Morgan fingerprint density at radius 2 is 2.09 bits per heavy atom. The summed E-state index contributed by atoms with van der Waals surface area (Å²) < 4.78 is 5.21. The zero-order valence-corrected chi connectivity index (χ0v) is 12.5. The molecule has 1 amide bonds. The first-order chi connectivity index (χ1) is 10.5. The van der Waals surface area contributed by atoms with Gasteiger partial charge in [0.2, 0.25) is 0 Å². The van der Waals surface area contributed by atoms with Gasteiger partial charge in [0, 0.05) is 16.8 Å². The highest BCUT2D eigenvalue weighted by atomic mass is 35.5. The van der Waals surface area contributed by atoms with Crippen molar-refractivity contribution in [1.82, 2.24) is 0 Å². The predicted octanol–water partition coefficient (Wildman–Crippen LogP) is 3.57. The van der Waals surface area contributed by atoms with E-state index in [4.69, 9.17) is 16.3 Å². The number of nitro benzene ring substituents is 1. The summed E-state index contributed by atoms with van der Waals surface area (Å²) in [5.74, 6) is -0.413. The van der Waals surface area contributed by atoms with Gasteiger partial charge < -0.3 is 10.1 Å². The topological polar surface area (TPSA) is 81.5 Å². The van der Waals surface area contributed by atoms with Crippen molar-refractivity contribution >= 4 is 28.9 Å². The molecule has 0 unspecified atom stereocenters. The van der Waals surface area contributed by atoms with Gasteiger partial charge in [-0.05, 0) is 36.8 Å². The third-order valence-electron chi connectivity index (χ3n) is 2.78. The molecule has 6 nitrogen and oxygen atoms in total. The fourth-order valence-corrected chi connectivity index (χ4v) is 1.98. The minimum Gasteiger partial charge on any atom is -0.477 e. The molecule has 0 aliphatic carbocycles. The van der Waals surface area contributed by atoms with Crippen LogP contribution >= 0.6 is 11.6 Å². The van der Waals surface area contributed by atoms with Crippen molar-refractivity contribution in [3.8, 4) is 5.75 Å². The highest BCUT2D eigenvalue weighted by Crippen LogP contribution is 2.29. The number of carbonyl (C=O) groups is 1. The lowest BCUT2D eigenvalue weighted by Gasteiger charge is -2.08. The Kier molecular flexibility index (Phi) is 4.95. The van der Waals surface area contributed by atoms with Gasteiger partial charge in [-0.15, -0.1) is 0 Å². The number of nitrogens with zero attached hydrogens (tertiary/aromatic N) is 1. The maximum Gasteiger partial charge on any atom is 0.312 e. The molecule has 0 bridgehead atoms. The van der Waals surface area contributed by atoms with Crippen LogP contribution in [0.1, 0.15) is 5.56 Å². The number of aryl methyl sites for hydroxylation is 1. The van der Waals surface area contributed by atoms with E-state index >= 15 is 0 Å². The van der Waals surface area contributed by atoms with Gasteiger partial charge in [-0.2, -0.15) is 0 Å². The lowest BCUT2D eigenvalue weighted by Crippen LogP contribution is -2.20. The molecule has 2 rings (SSSR count). The predicted molar refractivity (Wildman–Crippen MR) is 83.4 cm³/mol. The first-order valence-electron chi connectivity index (χ1n) is 6.39. The Labute approximate surface area is 131 Å². The van der Waals surface area contributed by atoms with Gasteiger partial charge in [0.25, 0.3) is 5.91 Å². The zero-order chi connectivity index (χ0) is 16.1. The van der Waals surface area contributed by atoms with Crippen molar-refractivity contribution in [3.05, 3.63) is 63.2 Å². The third-order valence-corrected chi connectivity index (χ3v) is 3.01. The van der Waals surface area contributed by atoms with Gasteiger partial charge in [0.15, 0.2) is 12.4 Å². The van der Waals surface area contributed by atoms with Gasteiger partial charge >= 0.3 is 5.69 Å². The van der Waals surface area contributed by atoms with Crippen LogP contribution in [-0.2, 0) is 4.79 Å². The van der Waals surface area contributed by atoms with Crippen molar-refractivity contribution in [2.45, 2.75) is 6.92 Å². The summed E-state index contributed by atoms with van der Waals surface area (Å²) in [4.78, 5) is 22.1. The molecular weight excluding hydrogens is 308 g/mol. The number of rotatable bonds is 5. The Morgan fingerprint density at radius 1 is 1.32 bits per heavy atom. The standard InChI is InChI=1S/C15H13ClN2O4/c1-10-3-2-4-12(7-10)17-15(19)9-22-14-6-5-11(16)8-13(14)18(20)21/h2-8H,9H2,1H3,(H,17,19). The SMILES string of the molecule is Cc1cccc(NC(=O)COc2ccc(Cl)cc2[N+](=O)[O-])c1. The summed E-state index contributed by atoms with van der Waals surface area (Å²) in [6.45, 7) is 1.57. The molecule has 0 aliphatic rings. The van der Waals surface area contributed by atoms with E-state index in [0.29, 0.717) is 5.69 Å². The average molecular weight is 321 g/mol. The lowest BCUT2D eigenvalue weighted by molar-refractivity contribution is -0.385. The minimum atomic E-state index is -0.611. The van der Waals surface area contributed by atoms with Crippen LogP contribution in [0.4, 0.5) is 11.4 Å². The van der Waals surface area contributed by atoms with E-state index in [1.807, 2.05) is 25.1 Å². The Morgan fingerprint density at radius 3 is 2.77 bits per heavy atom. The van der Waals surface area contributed by atoms with Crippen molar-refractivity contribution < 1.29 is 14.5 Å². The molecule has 22 heavy (non-hydrogen) atoms. The third kappa shape index (κ3) is 4.20. The summed E-state index contributed by atoms with van der Waals surface area (Å²) in [5.41, 5.74) is 1.36. The Bertz CT molecular complexity index is 718. The molecular formula is C15H13ClN2O4. The van der Waals surface area contributed by atoms with E-state index in [-0.39, 0.29) is 23.1 Å². The number of carbonyl (C=O) groups excluding carboxylic acids is 1. The second-order valence-corrected chi connectivity index (χ2v) is 5.01. The number of hydrogen-bond donors (Lipinski definition) is 1. The number of anilines is 1. The molecule has 2 aromatic rings. The summed E-state index contributed by atoms with van der Waals surface area (Å²) in [5, 5.41) is 13.8. The van der Waals surface area contributed by atoms with Crippen LogP contribution in [0, 0.1) is 17.0 Å². The van der Waals surface area contributed by atoms with E-state index in [2.05, 4.69) is 5.32 Å². The van der Waals surface area contributed by atoms with Crippen LogP contribution in [0.25, 0.3) is 0 Å². The molecule has 0 atom stereocenters. The summed E-state index contributed by atoms with van der Waals surface area (Å²) in [6.07, 6.45) is 0. The number of halogens is 1. The van der Waals surface area contributed by atoms with E-state index in [9.17, 15) is 14.9 Å². The molecule has 1 N–H and O–H groups in total. The van der Waals surface area contributed by atoms with Crippen molar-refractivity contribution in [2.75, 3.05) is 11.9 Å². The highest BCUT2D eigenvalue weighted by Gasteiger charge is 2.16. The monoisotopic (exact) mass is 320 g/mol. The molecule has 0 saturated carbocycles. The largest absolute Gasteiger partial charge is 0.477 e. The molecule has 0 fully saturated rings. The Hall–Kier alpha value is -2.60. The van der Waals surface area contributed by atoms with Gasteiger partial charge in [-0.25, -0.2) is 0 Å². The van der Waals surface area contributed by atoms with Crippen molar-refractivity contribution in [2.24, 2.45) is 0 Å². The minimum absolute atomic E-state index is 0.00575. The van der Waals surface area contributed by atoms with Crippen molar-refractivity contribution in [3.63, 3.8) is 0 Å². The summed E-state index contributed by atoms with van der Waals surface area (Å²) in [7, 11) is 0. The van der Waals surface area contributed by atoms with Crippen LogP contribution in [0.2, 0.25) is 5.02 Å². The molecule has 0 radical (unpaired) electrons. The lowest BCUT2D eigenvalue weighted by atomic mass is 10.2. The van der Waals surface area contributed by atoms with Gasteiger partial charge in [0.05, 0.1) is 4.92 Å². The van der Waals surface area contributed by atoms with E-state index in [1.54, 1.807) is 6.07 Å². The normalized spacial score (nSPS) is 10.1. The molecule has 0 spiro atoms. The number of nitrogens with one attached hydrogen (secondary N) is 1. The maximum absolute atomic E-state index is 11.8. The average Bonchev–Trinajstić information content (AvgIpc) is 2.45. The molecule has 0 saturated heterocycles. The van der Waals surface area contributed by atoms with E-state index in [1.165, 1.54) is 18.2 Å². The number of benzene rings is 2. The number of ether oxygens (including phenoxy) is 1. The number of amides is 1. The maximum atomic E-state index is 11.8. The summed E-state index contributed by atoms with van der Waals surface area (Å²) >= 11 is 5.71. The van der Waals surface area contributed by atoms with Gasteiger partial charge in [0.1, 0.15) is 0 Å². The zero-order valence-electron chi connectivity index (χ0n) is 11.7. The second-order valence-electron chi connectivity index (χ2n) is 4.58. The van der Waals surface area contributed by atoms with Crippen LogP contribution in [-0.4, -0.2) is 17.4 Å². The molecule has 114 valence electrons. The van der Waals surface area contributed by atoms with Crippen LogP contribution in [0.15, 0.2) is 42.5 Å². The Balaban J connectivity index is 2.01. The van der Waals surface area contributed by atoms with Crippen molar-refractivity contribution in [1.29, 1.82) is 0 Å². The first-order valence-corrected chi connectivity index (χ1v) is 6.77. The van der Waals surface area contributed by atoms with E-state index in [0.717, 1.165) is 5.56 Å². The quantitative estimate of drug-likeness (QED) is 0.674. The van der Waals surface area contributed by atoms with Crippen LogP contribution in [0.3, 0.4) is 0 Å². The van der Waals surface area contributed by atoms with Crippen LogP contribution < -0.4 is 10.1 Å². The highest BCUT2D eigenvalue weighted by molar-refractivity contribution is 6.30. The fourth-order valence-electron chi connectivity index (χ4n) is 1.82. The molecule has 0 aliphatic heterocycles. The molecule has 2 aromatic carbocycles. The van der Waals surface area contributed by atoms with E-state index < -0.39 is 10.8 Å². The first kappa shape index (κ1) is 15.8. The summed E-state index contributed by atoms with van der Waals surface area (Å²) in [6, 6.07) is 11.3. The molecule has 7 heteroatoms. The fraction of sp³-hybridized carbons (Fsp3) is 0.133. The van der Waals surface area contributed by atoms with Gasteiger partial charge in [-0.1, -0.05) is 23.7 Å². The van der Waals surface area contributed by atoms with Gasteiger partial charge in [-0.3, -0.25) is 14.9 Å². The molecule has 0 aromatic heterocycles.